The van der Waals surface area contributed by atoms with Crippen LogP contribution in [-0.2, 0) is 24.7 Å². The van der Waals surface area contributed by atoms with E-state index in [2.05, 4.69) is 96.2 Å². The van der Waals surface area contributed by atoms with Crippen LogP contribution in [0, 0.1) is 23.7 Å². The van der Waals surface area contributed by atoms with Crippen molar-refractivity contribution < 1.29 is 0 Å². The standard InChI is InChI=1S/C41H58/c1-7-31-18-15-30(26-39(31)28-38-11-9-10-12-40(38)41(4,5)6)25-36-23-24-37(27-32(36)8-2)35-21-19-34(20-22-35)33-16-13-29(3)14-17-33/h9-12,18,23-24,26-27,29-30,33-35H,7-8,13-17,19-22,25,28H2,1-6H3. The van der Waals surface area contributed by atoms with E-state index in [0.717, 1.165) is 42.9 Å². The Morgan fingerprint density at radius 1 is 0.707 bits per heavy atom. The van der Waals surface area contributed by atoms with Crippen LogP contribution in [0.1, 0.15) is 139 Å². The van der Waals surface area contributed by atoms with Crippen molar-refractivity contribution in [2.24, 2.45) is 23.7 Å². The lowest BCUT2D eigenvalue weighted by Crippen LogP contribution is -2.24. The number of aryl methyl sites for hydroxylation is 1. The van der Waals surface area contributed by atoms with E-state index in [0.29, 0.717) is 5.92 Å². The second-order valence-electron chi connectivity index (χ2n) is 15.1. The van der Waals surface area contributed by atoms with Gasteiger partial charge in [-0.2, -0.15) is 0 Å². The molecule has 0 N–H and O–H groups in total. The molecule has 1 atom stereocenters. The maximum absolute atomic E-state index is 2.65. The van der Waals surface area contributed by atoms with Gasteiger partial charge in [-0.05, 0) is 145 Å². The molecule has 0 heteroatoms. The highest BCUT2D eigenvalue weighted by molar-refractivity contribution is 5.44. The van der Waals surface area contributed by atoms with E-state index in [1.807, 2.05) is 0 Å². The van der Waals surface area contributed by atoms with Crippen molar-refractivity contribution in [3.8, 4) is 0 Å². The third-order valence-electron chi connectivity index (χ3n) is 11.2. The van der Waals surface area contributed by atoms with Gasteiger partial charge in [-0.25, -0.2) is 0 Å². The zero-order chi connectivity index (χ0) is 29.0. The number of hydrogen-bond acceptors (Lipinski definition) is 0. The van der Waals surface area contributed by atoms with Gasteiger partial charge in [0.2, 0.25) is 0 Å². The summed E-state index contributed by atoms with van der Waals surface area (Å²) in [6.45, 7) is 14.2. The second kappa shape index (κ2) is 13.5. The summed E-state index contributed by atoms with van der Waals surface area (Å²) in [5, 5.41) is 0. The highest BCUT2D eigenvalue weighted by Gasteiger charge is 2.30. The summed E-state index contributed by atoms with van der Waals surface area (Å²) < 4.78 is 0. The SMILES string of the molecule is CCC1=CCC(Cc2ccc(C3CCC(C4CCC(C)CC4)CC3)cc2CC)C=C1Cc1ccccc1C(C)(C)C. The minimum Gasteiger partial charge on any atom is -0.0805 e. The van der Waals surface area contributed by atoms with E-state index in [-0.39, 0.29) is 5.41 Å². The topological polar surface area (TPSA) is 0 Å². The maximum atomic E-state index is 2.65. The van der Waals surface area contributed by atoms with Crippen molar-refractivity contribution in [2.45, 2.75) is 136 Å². The van der Waals surface area contributed by atoms with E-state index in [4.69, 9.17) is 0 Å². The second-order valence-corrected chi connectivity index (χ2v) is 15.1. The van der Waals surface area contributed by atoms with Crippen LogP contribution in [-0.4, -0.2) is 0 Å². The molecular formula is C41H58. The van der Waals surface area contributed by atoms with Crippen molar-refractivity contribution in [2.75, 3.05) is 0 Å². The van der Waals surface area contributed by atoms with Crippen molar-refractivity contribution in [3.05, 3.63) is 93.6 Å². The first-order valence-corrected chi connectivity index (χ1v) is 17.3. The number of benzene rings is 2. The smallest absolute Gasteiger partial charge is 0.00233 e. The van der Waals surface area contributed by atoms with E-state index < -0.39 is 0 Å². The Balaban J connectivity index is 1.25. The van der Waals surface area contributed by atoms with Crippen molar-refractivity contribution >= 4 is 0 Å². The Kier molecular flexibility index (Phi) is 9.99. The zero-order valence-corrected chi connectivity index (χ0v) is 27.3. The molecule has 0 bridgehead atoms. The molecular weight excluding hydrogens is 492 g/mol. The highest BCUT2D eigenvalue weighted by Crippen LogP contribution is 2.44. The molecule has 41 heavy (non-hydrogen) atoms. The summed E-state index contributed by atoms with van der Waals surface area (Å²) in [6, 6.07) is 16.8. The molecule has 2 aromatic carbocycles. The summed E-state index contributed by atoms with van der Waals surface area (Å²) >= 11 is 0. The number of rotatable bonds is 8. The van der Waals surface area contributed by atoms with E-state index in [1.165, 1.54) is 75.3 Å². The van der Waals surface area contributed by atoms with Crippen molar-refractivity contribution in [1.29, 1.82) is 0 Å². The van der Waals surface area contributed by atoms with Gasteiger partial charge in [0.25, 0.3) is 0 Å². The molecule has 5 rings (SSSR count). The van der Waals surface area contributed by atoms with Crippen molar-refractivity contribution in [3.63, 3.8) is 0 Å². The summed E-state index contributed by atoms with van der Waals surface area (Å²) in [5.41, 5.74) is 11.1. The van der Waals surface area contributed by atoms with Crippen molar-refractivity contribution in [1.82, 2.24) is 0 Å². The Morgan fingerprint density at radius 2 is 1.39 bits per heavy atom. The maximum Gasteiger partial charge on any atom is -0.00233 e. The normalized spacial score (nSPS) is 27.3. The Morgan fingerprint density at radius 3 is 2.05 bits per heavy atom. The van der Waals surface area contributed by atoms with Crippen LogP contribution in [0.25, 0.3) is 0 Å². The van der Waals surface area contributed by atoms with E-state index >= 15 is 0 Å². The quantitative estimate of drug-likeness (QED) is 0.306. The molecule has 1 unspecified atom stereocenters. The first-order chi connectivity index (χ1) is 19.7. The monoisotopic (exact) mass is 550 g/mol. The third kappa shape index (κ3) is 7.47. The summed E-state index contributed by atoms with van der Waals surface area (Å²) in [5.74, 6) is 4.39. The fourth-order valence-electron chi connectivity index (χ4n) is 8.57. The van der Waals surface area contributed by atoms with Gasteiger partial charge in [0, 0.05) is 0 Å². The molecule has 0 heterocycles. The molecule has 0 aromatic heterocycles. The molecule has 2 aromatic rings. The van der Waals surface area contributed by atoms with Gasteiger partial charge in [0.15, 0.2) is 0 Å². The average Bonchev–Trinajstić information content (AvgIpc) is 2.98. The molecule has 0 aliphatic heterocycles. The molecule has 0 saturated heterocycles. The van der Waals surface area contributed by atoms with Gasteiger partial charge >= 0.3 is 0 Å². The minimum atomic E-state index is 0.174. The van der Waals surface area contributed by atoms with E-state index in [9.17, 15) is 0 Å². The first kappa shape index (κ1) is 30.4. The summed E-state index contributed by atoms with van der Waals surface area (Å²) in [7, 11) is 0. The Labute approximate surface area is 253 Å². The number of allylic oxidation sites excluding steroid dienone is 4. The van der Waals surface area contributed by atoms with Crippen LogP contribution in [0.4, 0.5) is 0 Å². The summed E-state index contributed by atoms with van der Waals surface area (Å²) in [4.78, 5) is 0. The van der Waals surface area contributed by atoms with Gasteiger partial charge in [-0.15, -0.1) is 0 Å². The molecule has 3 aliphatic carbocycles. The average molecular weight is 551 g/mol. The Bertz CT molecular complexity index is 1200. The van der Waals surface area contributed by atoms with Crippen LogP contribution in [0.3, 0.4) is 0 Å². The van der Waals surface area contributed by atoms with E-state index in [1.54, 1.807) is 27.8 Å². The fourth-order valence-corrected chi connectivity index (χ4v) is 8.57. The largest absolute Gasteiger partial charge is 0.0805 e. The summed E-state index contributed by atoms with van der Waals surface area (Å²) in [6.07, 6.45) is 22.6. The molecule has 0 spiro atoms. The molecule has 0 radical (unpaired) electrons. The predicted molar refractivity (Wildman–Crippen MR) is 179 cm³/mol. The zero-order valence-electron chi connectivity index (χ0n) is 27.3. The van der Waals surface area contributed by atoms with Gasteiger partial charge < -0.3 is 0 Å². The van der Waals surface area contributed by atoms with Gasteiger partial charge in [-0.1, -0.05) is 109 Å². The first-order valence-electron chi connectivity index (χ1n) is 17.3. The van der Waals surface area contributed by atoms with Crippen LogP contribution in [0.5, 0.6) is 0 Å². The van der Waals surface area contributed by atoms with Crippen LogP contribution in [0.15, 0.2) is 65.8 Å². The fraction of sp³-hybridized carbons (Fsp3) is 0.610. The lowest BCUT2D eigenvalue weighted by Gasteiger charge is -2.37. The van der Waals surface area contributed by atoms with Crippen LogP contribution >= 0.6 is 0 Å². The molecule has 222 valence electrons. The third-order valence-corrected chi connectivity index (χ3v) is 11.2. The number of hydrogen-bond donors (Lipinski definition) is 0. The van der Waals surface area contributed by atoms with Gasteiger partial charge in [0.05, 0.1) is 0 Å². The van der Waals surface area contributed by atoms with Crippen LogP contribution in [0.2, 0.25) is 0 Å². The molecule has 3 aliphatic rings. The lowest BCUT2D eigenvalue weighted by atomic mass is 9.68. The van der Waals surface area contributed by atoms with Crippen LogP contribution < -0.4 is 0 Å². The molecule has 0 nitrogen and oxygen atoms in total. The molecule has 0 amide bonds. The lowest BCUT2D eigenvalue weighted by molar-refractivity contribution is 0.165. The predicted octanol–water partition coefficient (Wildman–Crippen LogP) is 11.7. The molecule has 2 fully saturated rings. The highest BCUT2D eigenvalue weighted by atomic mass is 14.4. The Hall–Kier alpha value is -2.08. The van der Waals surface area contributed by atoms with Gasteiger partial charge in [-0.3, -0.25) is 0 Å². The van der Waals surface area contributed by atoms with Gasteiger partial charge in [0.1, 0.15) is 0 Å². The molecule has 2 saturated carbocycles. The minimum absolute atomic E-state index is 0.174.